The number of halogens is 1. The molecule has 0 saturated carbocycles. The van der Waals surface area contributed by atoms with E-state index in [0.29, 0.717) is 22.9 Å². The van der Waals surface area contributed by atoms with E-state index in [4.69, 9.17) is 17.3 Å². The lowest BCUT2D eigenvalue weighted by molar-refractivity contribution is -0.116. The van der Waals surface area contributed by atoms with Crippen LogP contribution in [0.1, 0.15) is 12.1 Å². The Morgan fingerprint density at radius 1 is 1.50 bits per heavy atom. The number of benzene rings is 1. The highest BCUT2D eigenvalue weighted by Crippen LogP contribution is 2.22. The molecule has 20 heavy (non-hydrogen) atoms. The van der Waals surface area contributed by atoms with Crippen LogP contribution < -0.4 is 15.9 Å². The quantitative estimate of drug-likeness (QED) is 0.852. The maximum atomic E-state index is 11.9. The van der Waals surface area contributed by atoms with E-state index in [0.717, 1.165) is 17.0 Å². The van der Waals surface area contributed by atoms with Crippen LogP contribution in [0.4, 0.5) is 11.4 Å². The first-order chi connectivity index (χ1) is 9.47. The van der Waals surface area contributed by atoms with Crippen molar-refractivity contribution in [3.63, 3.8) is 0 Å². The fourth-order valence-electron chi connectivity index (χ4n) is 1.74. The Kier molecular flexibility index (Phi) is 4.46. The molecule has 1 aromatic carbocycles. The molecule has 7 heteroatoms. The summed E-state index contributed by atoms with van der Waals surface area (Å²) in [6, 6.07) is 4.88. The molecule has 0 atom stereocenters. The van der Waals surface area contributed by atoms with Crippen molar-refractivity contribution in [3.8, 4) is 0 Å². The Morgan fingerprint density at radius 3 is 2.90 bits per heavy atom. The second-order valence-electron chi connectivity index (χ2n) is 4.32. The van der Waals surface area contributed by atoms with Crippen molar-refractivity contribution in [1.82, 2.24) is 4.57 Å². The minimum atomic E-state index is -0.212. The standard InChI is InChI=1S/C13H14ClN3O2S/c1-8-7-20-13(19)17(8)5-4-12(18)16-11-6-9(14)2-3-10(11)15/h2-3,6-7H,4-5,15H2,1H3,(H,16,18). The number of anilines is 2. The summed E-state index contributed by atoms with van der Waals surface area (Å²) in [5.74, 6) is -0.212. The summed E-state index contributed by atoms with van der Waals surface area (Å²) >= 11 is 6.98. The van der Waals surface area contributed by atoms with E-state index in [1.807, 2.05) is 6.92 Å². The zero-order chi connectivity index (χ0) is 14.7. The lowest BCUT2D eigenvalue weighted by Crippen LogP contribution is -2.20. The molecule has 3 N–H and O–H groups in total. The van der Waals surface area contributed by atoms with Crippen LogP contribution in [-0.2, 0) is 11.3 Å². The number of hydrogen-bond donors (Lipinski definition) is 2. The molecular weight excluding hydrogens is 298 g/mol. The number of hydrogen-bond acceptors (Lipinski definition) is 4. The van der Waals surface area contributed by atoms with Gasteiger partial charge in [0.15, 0.2) is 0 Å². The number of aromatic nitrogens is 1. The average Bonchev–Trinajstić information content (AvgIpc) is 2.71. The number of carbonyl (C=O) groups excluding carboxylic acids is 1. The van der Waals surface area contributed by atoms with E-state index >= 15 is 0 Å². The Morgan fingerprint density at radius 2 is 2.25 bits per heavy atom. The number of amides is 1. The molecule has 1 heterocycles. The second kappa shape index (κ2) is 6.11. The summed E-state index contributed by atoms with van der Waals surface area (Å²) < 4.78 is 1.57. The summed E-state index contributed by atoms with van der Waals surface area (Å²) in [5.41, 5.74) is 7.54. The smallest absolute Gasteiger partial charge is 0.307 e. The molecule has 0 fully saturated rings. The SMILES string of the molecule is Cc1csc(=O)n1CCC(=O)Nc1cc(Cl)ccc1N. The van der Waals surface area contributed by atoms with Gasteiger partial charge < -0.3 is 15.6 Å². The molecule has 0 aliphatic rings. The van der Waals surface area contributed by atoms with Gasteiger partial charge in [-0.3, -0.25) is 9.59 Å². The number of aryl methyl sites for hydroxylation is 1. The fourth-order valence-corrected chi connectivity index (χ4v) is 2.67. The molecule has 0 bridgehead atoms. The van der Waals surface area contributed by atoms with Crippen molar-refractivity contribution in [2.45, 2.75) is 19.9 Å². The monoisotopic (exact) mass is 311 g/mol. The fraction of sp³-hybridized carbons (Fsp3) is 0.231. The maximum absolute atomic E-state index is 11.9. The first-order valence-electron chi connectivity index (χ1n) is 5.97. The molecule has 0 radical (unpaired) electrons. The summed E-state index contributed by atoms with van der Waals surface area (Å²) in [6.45, 7) is 2.19. The summed E-state index contributed by atoms with van der Waals surface area (Å²) in [7, 11) is 0. The third-order valence-electron chi connectivity index (χ3n) is 2.83. The number of thiazole rings is 1. The Hall–Kier alpha value is -1.79. The van der Waals surface area contributed by atoms with Crippen LogP contribution in [0, 0.1) is 6.92 Å². The van der Waals surface area contributed by atoms with E-state index in [-0.39, 0.29) is 17.2 Å². The van der Waals surface area contributed by atoms with Gasteiger partial charge in [-0.25, -0.2) is 0 Å². The number of carbonyl (C=O) groups is 1. The molecule has 106 valence electrons. The number of rotatable bonds is 4. The number of nitrogens with two attached hydrogens (primary N) is 1. The van der Waals surface area contributed by atoms with Gasteiger partial charge in [-0.1, -0.05) is 22.9 Å². The topological polar surface area (TPSA) is 77.1 Å². The third-order valence-corrected chi connectivity index (χ3v) is 3.94. The highest BCUT2D eigenvalue weighted by Gasteiger charge is 2.08. The van der Waals surface area contributed by atoms with Crippen LogP contribution in [0.25, 0.3) is 0 Å². The highest BCUT2D eigenvalue weighted by molar-refractivity contribution is 7.07. The van der Waals surface area contributed by atoms with Gasteiger partial charge in [-0.15, -0.1) is 0 Å². The molecule has 0 saturated heterocycles. The first-order valence-corrected chi connectivity index (χ1v) is 7.23. The summed E-state index contributed by atoms with van der Waals surface area (Å²) in [4.78, 5) is 23.3. The zero-order valence-corrected chi connectivity index (χ0v) is 12.4. The van der Waals surface area contributed by atoms with Crippen molar-refractivity contribution >= 4 is 40.2 Å². The van der Waals surface area contributed by atoms with Gasteiger partial charge in [0.2, 0.25) is 5.91 Å². The lowest BCUT2D eigenvalue weighted by Gasteiger charge is -2.09. The van der Waals surface area contributed by atoms with Gasteiger partial charge in [0.1, 0.15) is 0 Å². The predicted molar refractivity (Wildman–Crippen MR) is 82.4 cm³/mol. The molecule has 0 unspecified atom stereocenters. The van der Waals surface area contributed by atoms with Crippen molar-refractivity contribution < 1.29 is 4.79 Å². The van der Waals surface area contributed by atoms with E-state index in [9.17, 15) is 9.59 Å². The zero-order valence-electron chi connectivity index (χ0n) is 10.9. The molecule has 1 aromatic heterocycles. The second-order valence-corrected chi connectivity index (χ2v) is 5.58. The average molecular weight is 312 g/mol. The molecule has 5 nitrogen and oxygen atoms in total. The van der Waals surface area contributed by atoms with Gasteiger partial charge in [-0.2, -0.15) is 0 Å². The van der Waals surface area contributed by atoms with Crippen molar-refractivity contribution in [2.24, 2.45) is 0 Å². The first kappa shape index (κ1) is 14.6. The Balaban J connectivity index is 2.00. The van der Waals surface area contributed by atoms with Gasteiger partial charge in [0, 0.05) is 29.1 Å². The molecule has 0 aliphatic carbocycles. The van der Waals surface area contributed by atoms with Crippen LogP contribution in [0.2, 0.25) is 5.02 Å². The molecule has 1 amide bonds. The van der Waals surface area contributed by atoms with Crippen molar-refractivity contribution in [2.75, 3.05) is 11.1 Å². The van der Waals surface area contributed by atoms with E-state index in [1.165, 1.54) is 0 Å². The Bertz CT molecular complexity index is 693. The van der Waals surface area contributed by atoms with Crippen LogP contribution in [0.15, 0.2) is 28.4 Å². The number of nitrogens with zero attached hydrogens (tertiary/aromatic N) is 1. The molecule has 2 aromatic rings. The summed E-state index contributed by atoms with van der Waals surface area (Å²) in [6.07, 6.45) is 0.198. The Labute approximate surface area is 125 Å². The molecule has 2 rings (SSSR count). The van der Waals surface area contributed by atoms with Gasteiger partial charge in [0.05, 0.1) is 11.4 Å². The predicted octanol–water partition coefficient (Wildman–Crippen LogP) is 2.48. The van der Waals surface area contributed by atoms with Crippen molar-refractivity contribution in [3.05, 3.63) is 44.0 Å². The van der Waals surface area contributed by atoms with Gasteiger partial charge >= 0.3 is 4.87 Å². The summed E-state index contributed by atoms with van der Waals surface area (Å²) in [5, 5.41) is 4.96. The van der Waals surface area contributed by atoms with E-state index in [1.54, 1.807) is 28.1 Å². The largest absolute Gasteiger partial charge is 0.397 e. The molecule has 0 aliphatic heterocycles. The van der Waals surface area contributed by atoms with Crippen molar-refractivity contribution in [1.29, 1.82) is 0 Å². The molecule has 0 spiro atoms. The normalized spacial score (nSPS) is 10.5. The van der Waals surface area contributed by atoms with Crippen LogP contribution in [-0.4, -0.2) is 10.5 Å². The van der Waals surface area contributed by atoms with Gasteiger partial charge in [-0.05, 0) is 25.1 Å². The van der Waals surface area contributed by atoms with E-state index < -0.39 is 0 Å². The lowest BCUT2D eigenvalue weighted by atomic mass is 10.2. The number of nitrogen functional groups attached to an aromatic ring is 1. The van der Waals surface area contributed by atoms with Crippen LogP contribution in [0.3, 0.4) is 0 Å². The van der Waals surface area contributed by atoms with E-state index in [2.05, 4.69) is 5.32 Å². The third kappa shape index (κ3) is 3.40. The maximum Gasteiger partial charge on any atom is 0.307 e. The minimum Gasteiger partial charge on any atom is -0.397 e. The van der Waals surface area contributed by atoms with Crippen LogP contribution in [0.5, 0.6) is 0 Å². The highest BCUT2D eigenvalue weighted by atomic mass is 35.5. The van der Waals surface area contributed by atoms with Gasteiger partial charge in [0.25, 0.3) is 0 Å². The van der Waals surface area contributed by atoms with Crippen LogP contribution >= 0.6 is 22.9 Å². The molecular formula is C13H14ClN3O2S. The number of nitrogens with one attached hydrogen (secondary N) is 1. The minimum absolute atomic E-state index is 0.0578.